The first-order valence-electron chi connectivity index (χ1n) is 9.17. The normalized spacial score (nSPS) is 11.4. The number of nitrogens with two attached hydrogens (primary N) is 1. The first-order valence-corrected chi connectivity index (χ1v) is 11.0. The highest BCUT2D eigenvalue weighted by atomic mass is 32.2. The van der Waals surface area contributed by atoms with Gasteiger partial charge in [0.1, 0.15) is 12.4 Å². The third-order valence-corrected chi connectivity index (χ3v) is 6.02. The Morgan fingerprint density at radius 3 is 2.66 bits per heavy atom. The second-order valence-corrected chi connectivity index (χ2v) is 9.45. The Bertz CT molecular complexity index is 931. The number of hydrogen-bond acceptors (Lipinski definition) is 7. The molecule has 0 spiro atoms. The van der Waals surface area contributed by atoms with E-state index >= 15 is 0 Å². The first kappa shape index (κ1) is 21.2. The number of carbonyl (C=O) groups is 1. The Morgan fingerprint density at radius 1 is 1.24 bits per heavy atom. The van der Waals surface area contributed by atoms with Gasteiger partial charge >= 0.3 is 0 Å². The Labute approximate surface area is 178 Å². The molecule has 154 valence electrons. The molecule has 0 atom stereocenters. The van der Waals surface area contributed by atoms with E-state index in [4.69, 9.17) is 10.6 Å². The van der Waals surface area contributed by atoms with Gasteiger partial charge in [0.15, 0.2) is 5.82 Å². The molecule has 0 saturated carbocycles. The fraction of sp³-hybridized carbons (Fsp3) is 0.350. The van der Waals surface area contributed by atoms with Gasteiger partial charge in [-0.3, -0.25) is 4.79 Å². The number of benzene rings is 1. The summed E-state index contributed by atoms with van der Waals surface area (Å²) in [7, 11) is 0. The van der Waals surface area contributed by atoms with Gasteiger partial charge in [-0.15, -0.1) is 21.5 Å². The smallest absolute Gasteiger partial charge is 0.230 e. The van der Waals surface area contributed by atoms with Crippen LogP contribution in [0.1, 0.15) is 37.0 Å². The minimum Gasteiger partial charge on any atom is -0.486 e. The zero-order valence-electron chi connectivity index (χ0n) is 16.7. The summed E-state index contributed by atoms with van der Waals surface area (Å²) in [5, 5.41) is 13.4. The van der Waals surface area contributed by atoms with Crippen LogP contribution in [0.25, 0.3) is 0 Å². The summed E-state index contributed by atoms with van der Waals surface area (Å²) in [6.45, 7) is 7.23. The number of nitrogen functional groups attached to an aromatic ring is 1. The van der Waals surface area contributed by atoms with Crippen molar-refractivity contribution in [1.82, 2.24) is 20.2 Å². The van der Waals surface area contributed by atoms with E-state index in [1.54, 1.807) is 11.3 Å². The Kier molecular flexibility index (Phi) is 6.81. The molecule has 3 N–H and O–H groups in total. The van der Waals surface area contributed by atoms with Crippen molar-refractivity contribution in [2.24, 2.45) is 0 Å². The molecule has 3 rings (SSSR count). The molecule has 2 heterocycles. The van der Waals surface area contributed by atoms with Gasteiger partial charge in [-0.25, -0.2) is 4.68 Å². The lowest BCUT2D eigenvalue weighted by Gasteiger charge is -2.19. The number of hydrogen-bond donors (Lipinski definition) is 2. The fourth-order valence-electron chi connectivity index (χ4n) is 2.48. The lowest BCUT2D eigenvalue weighted by Crippen LogP contribution is -2.24. The number of ether oxygens (including phenoxy) is 1. The first-order chi connectivity index (χ1) is 13.8. The van der Waals surface area contributed by atoms with Crippen LogP contribution in [-0.4, -0.2) is 26.5 Å². The van der Waals surface area contributed by atoms with Crippen molar-refractivity contribution in [1.29, 1.82) is 0 Å². The highest BCUT2D eigenvalue weighted by molar-refractivity contribution is 7.99. The van der Waals surface area contributed by atoms with Crippen molar-refractivity contribution >= 4 is 29.0 Å². The summed E-state index contributed by atoms with van der Waals surface area (Å²) < 4.78 is 7.13. The molecule has 3 aromatic rings. The quantitative estimate of drug-likeness (QED) is 0.420. The molecule has 29 heavy (non-hydrogen) atoms. The van der Waals surface area contributed by atoms with E-state index in [0.29, 0.717) is 17.5 Å². The molecule has 7 nitrogen and oxygen atoms in total. The third-order valence-electron chi connectivity index (χ3n) is 4.20. The Morgan fingerprint density at radius 2 is 2.00 bits per heavy atom. The maximum absolute atomic E-state index is 12.0. The minimum atomic E-state index is -0.0804. The van der Waals surface area contributed by atoms with Gasteiger partial charge in [0.2, 0.25) is 11.1 Å². The van der Waals surface area contributed by atoms with Gasteiger partial charge in [-0.1, -0.05) is 50.7 Å². The number of thiophene rings is 1. The van der Waals surface area contributed by atoms with Crippen LogP contribution in [0.15, 0.2) is 46.9 Å². The molecule has 1 aromatic carbocycles. The van der Waals surface area contributed by atoms with E-state index in [0.717, 1.165) is 10.6 Å². The van der Waals surface area contributed by atoms with Gasteiger partial charge in [-0.05, 0) is 34.6 Å². The molecular formula is C20H25N5O2S2. The van der Waals surface area contributed by atoms with Gasteiger partial charge in [0, 0.05) is 4.88 Å². The van der Waals surface area contributed by atoms with Crippen molar-refractivity contribution in [3.63, 3.8) is 0 Å². The maximum atomic E-state index is 12.0. The van der Waals surface area contributed by atoms with Crippen LogP contribution < -0.4 is 15.9 Å². The summed E-state index contributed by atoms with van der Waals surface area (Å²) in [5.41, 5.74) is 1.33. The summed E-state index contributed by atoms with van der Waals surface area (Å²) in [5.74, 6) is 7.42. The van der Waals surface area contributed by atoms with Gasteiger partial charge < -0.3 is 15.9 Å². The zero-order valence-corrected chi connectivity index (χ0v) is 18.3. The van der Waals surface area contributed by atoms with Crippen LogP contribution in [0, 0.1) is 0 Å². The lowest BCUT2D eigenvalue weighted by atomic mass is 9.87. The van der Waals surface area contributed by atoms with E-state index < -0.39 is 0 Å². The highest BCUT2D eigenvalue weighted by Crippen LogP contribution is 2.24. The van der Waals surface area contributed by atoms with Crippen LogP contribution in [0.3, 0.4) is 0 Å². The van der Waals surface area contributed by atoms with Crippen LogP contribution in [0.2, 0.25) is 0 Å². The topological polar surface area (TPSA) is 95.1 Å². The van der Waals surface area contributed by atoms with Crippen molar-refractivity contribution < 1.29 is 9.53 Å². The van der Waals surface area contributed by atoms with Crippen molar-refractivity contribution in [3.8, 4) is 5.75 Å². The molecule has 0 bridgehead atoms. The van der Waals surface area contributed by atoms with E-state index in [1.807, 2.05) is 29.6 Å². The van der Waals surface area contributed by atoms with E-state index in [9.17, 15) is 4.79 Å². The van der Waals surface area contributed by atoms with Gasteiger partial charge in [0.25, 0.3) is 0 Å². The van der Waals surface area contributed by atoms with Crippen molar-refractivity contribution in [2.75, 3.05) is 11.6 Å². The Hall–Kier alpha value is -2.52. The molecule has 0 aliphatic heterocycles. The summed E-state index contributed by atoms with van der Waals surface area (Å²) >= 11 is 2.85. The second-order valence-electron chi connectivity index (χ2n) is 7.48. The Balaban J connectivity index is 1.48. The third kappa shape index (κ3) is 5.98. The predicted octanol–water partition coefficient (Wildman–Crippen LogP) is 3.34. The van der Waals surface area contributed by atoms with Crippen LogP contribution in [0.5, 0.6) is 5.75 Å². The summed E-state index contributed by atoms with van der Waals surface area (Å²) in [4.78, 5) is 13.1. The molecule has 0 radical (unpaired) electrons. The molecule has 0 unspecified atom stereocenters. The molecule has 0 fully saturated rings. The number of nitrogens with zero attached hydrogens (tertiary/aromatic N) is 3. The largest absolute Gasteiger partial charge is 0.486 e. The van der Waals surface area contributed by atoms with Crippen LogP contribution in [-0.2, 0) is 23.4 Å². The maximum Gasteiger partial charge on any atom is 0.230 e. The van der Waals surface area contributed by atoms with E-state index in [-0.39, 0.29) is 23.7 Å². The zero-order chi connectivity index (χ0) is 20.9. The van der Waals surface area contributed by atoms with Crippen LogP contribution in [0.4, 0.5) is 0 Å². The van der Waals surface area contributed by atoms with E-state index in [2.05, 4.69) is 48.4 Å². The SMILES string of the molecule is CC(C)(C)c1ccc(OCc2nnc(SCC(=O)NCc3cccs3)n2N)cc1. The predicted molar refractivity (Wildman–Crippen MR) is 117 cm³/mol. The molecule has 0 aliphatic carbocycles. The highest BCUT2D eigenvalue weighted by Gasteiger charge is 2.15. The molecule has 2 aromatic heterocycles. The van der Waals surface area contributed by atoms with Crippen molar-refractivity contribution in [3.05, 3.63) is 58.0 Å². The molecular weight excluding hydrogens is 406 g/mol. The fourth-order valence-corrected chi connectivity index (χ4v) is 3.83. The molecule has 0 saturated heterocycles. The summed E-state index contributed by atoms with van der Waals surface area (Å²) in [6.07, 6.45) is 0. The number of aromatic nitrogens is 3. The average molecular weight is 432 g/mol. The number of amides is 1. The monoisotopic (exact) mass is 431 g/mol. The van der Waals surface area contributed by atoms with Gasteiger partial charge in [0.05, 0.1) is 12.3 Å². The number of nitrogens with one attached hydrogen (secondary N) is 1. The molecule has 1 amide bonds. The summed E-state index contributed by atoms with van der Waals surface area (Å²) in [6, 6.07) is 11.9. The van der Waals surface area contributed by atoms with Crippen molar-refractivity contribution in [2.45, 2.75) is 44.5 Å². The average Bonchev–Trinajstić information content (AvgIpc) is 3.33. The molecule has 9 heteroatoms. The minimum absolute atomic E-state index is 0.0804. The number of thioether (sulfide) groups is 1. The number of carbonyl (C=O) groups excluding carboxylic acids is 1. The number of rotatable bonds is 8. The standard InChI is InChI=1S/C20H25N5O2S2/c1-20(2,3)14-6-8-15(9-7-14)27-12-17-23-24-19(25(17)21)29-13-18(26)22-11-16-5-4-10-28-16/h4-10H,11-13,21H2,1-3H3,(H,22,26). The van der Waals surface area contributed by atoms with Gasteiger partial charge in [-0.2, -0.15) is 0 Å². The lowest BCUT2D eigenvalue weighted by molar-refractivity contribution is -0.118. The second kappa shape index (κ2) is 9.32. The van der Waals surface area contributed by atoms with Crippen LogP contribution >= 0.6 is 23.1 Å². The van der Waals surface area contributed by atoms with E-state index in [1.165, 1.54) is 22.0 Å². The molecule has 0 aliphatic rings.